The van der Waals surface area contributed by atoms with E-state index in [-0.39, 0.29) is 23.2 Å². The summed E-state index contributed by atoms with van der Waals surface area (Å²) in [5, 5.41) is 9.66. The van der Waals surface area contributed by atoms with Gasteiger partial charge in [0, 0.05) is 33.5 Å². The first kappa shape index (κ1) is 31.6. The van der Waals surface area contributed by atoms with Crippen LogP contribution < -0.4 is 4.90 Å². The Labute approximate surface area is 254 Å². The van der Waals surface area contributed by atoms with E-state index in [2.05, 4.69) is 0 Å². The number of Topliss-reactive ketones (excluding diaryl/α,β-unsaturated/α-hetero) is 1. The number of nitrogens with zero attached hydrogens (tertiary/aromatic N) is 1. The number of carboxylic acid groups (broad SMARTS) is 1. The fraction of sp³-hybridized carbons (Fsp3) is 0.235. The van der Waals surface area contributed by atoms with Gasteiger partial charge >= 0.3 is 18.3 Å². The fourth-order valence-electron chi connectivity index (χ4n) is 5.45. The van der Waals surface area contributed by atoms with Crippen LogP contribution in [0.1, 0.15) is 61.9 Å². The molecule has 1 N–H and O–H groups in total. The Hall–Kier alpha value is -4.80. The summed E-state index contributed by atoms with van der Waals surface area (Å²) in [7, 11) is 0. The second kappa shape index (κ2) is 11.9. The predicted octanol–water partition coefficient (Wildman–Crippen LogP) is 9.45. The summed E-state index contributed by atoms with van der Waals surface area (Å²) in [6.07, 6.45) is -6.20. The molecule has 3 aromatic carbocycles. The summed E-state index contributed by atoms with van der Waals surface area (Å²) in [4.78, 5) is 27.1. The second-order valence-electron chi connectivity index (χ2n) is 10.7. The van der Waals surface area contributed by atoms with Crippen LogP contribution in [0.5, 0.6) is 0 Å². The molecule has 11 heteroatoms. The molecule has 0 bridgehead atoms. The van der Waals surface area contributed by atoms with Crippen LogP contribution in [0.2, 0.25) is 0 Å². The number of aromatic carboxylic acids is 1. The summed E-state index contributed by atoms with van der Waals surface area (Å²) in [6.45, 7) is 3.52. The lowest BCUT2D eigenvalue weighted by atomic mass is 9.95. The minimum atomic E-state index is -4.56. The number of carbonyl (C=O) groups excluding carboxylic acids is 1. The lowest BCUT2D eigenvalue weighted by Crippen LogP contribution is -2.26. The highest BCUT2D eigenvalue weighted by molar-refractivity contribution is 6.09. The van der Waals surface area contributed by atoms with E-state index in [9.17, 15) is 41.0 Å². The lowest BCUT2D eigenvalue weighted by molar-refractivity contribution is -0.138. The van der Waals surface area contributed by atoms with Crippen LogP contribution in [0.25, 0.3) is 11.3 Å². The van der Waals surface area contributed by atoms with Gasteiger partial charge in [0.25, 0.3) is 0 Å². The molecule has 0 saturated carbocycles. The zero-order chi connectivity index (χ0) is 32.7. The quantitative estimate of drug-likeness (QED) is 0.170. The largest absolute Gasteiger partial charge is 0.478 e. The Kier molecular flexibility index (Phi) is 8.39. The number of hydrogen-bond acceptors (Lipinski definition) is 4. The number of benzene rings is 3. The monoisotopic (exact) mass is 627 g/mol. The summed E-state index contributed by atoms with van der Waals surface area (Å²) < 4.78 is 85.3. The van der Waals surface area contributed by atoms with Gasteiger partial charge in [-0.15, -0.1) is 0 Å². The van der Waals surface area contributed by atoms with Gasteiger partial charge in [0.05, 0.1) is 23.2 Å². The third-order valence-electron chi connectivity index (χ3n) is 7.86. The van der Waals surface area contributed by atoms with Gasteiger partial charge < -0.3 is 14.4 Å². The Morgan fingerprint density at radius 1 is 0.889 bits per heavy atom. The number of halogens is 6. The van der Waals surface area contributed by atoms with E-state index in [0.717, 1.165) is 42.0 Å². The molecule has 0 spiro atoms. The smallest absolute Gasteiger partial charge is 0.416 e. The number of carbonyl (C=O) groups is 2. The van der Waals surface area contributed by atoms with Crippen molar-refractivity contribution in [1.29, 1.82) is 0 Å². The molecule has 5 rings (SSSR count). The molecule has 1 aliphatic rings. The van der Waals surface area contributed by atoms with Crippen molar-refractivity contribution in [2.45, 2.75) is 45.5 Å². The van der Waals surface area contributed by atoms with Crippen molar-refractivity contribution < 1.29 is 45.5 Å². The number of carboxylic acids is 1. The van der Waals surface area contributed by atoms with E-state index >= 15 is 0 Å². The van der Waals surface area contributed by atoms with Gasteiger partial charge in [-0.05, 0) is 74.2 Å². The average Bonchev–Trinajstić information content (AvgIpc) is 3.30. The first-order valence-corrected chi connectivity index (χ1v) is 14.0. The van der Waals surface area contributed by atoms with Crippen LogP contribution in [0, 0.1) is 6.92 Å². The van der Waals surface area contributed by atoms with Crippen molar-refractivity contribution in [1.82, 2.24) is 0 Å². The molecule has 0 fully saturated rings. The van der Waals surface area contributed by atoms with Crippen LogP contribution in [0.3, 0.4) is 0 Å². The van der Waals surface area contributed by atoms with Gasteiger partial charge in [-0.1, -0.05) is 37.3 Å². The van der Waals surface area contributed by atoms with Gasteiger partial charge in [0.1, 0.15) is 5.76 Å². The average molecular weight is 628 g/mol. The Bertz CT molecular complexity index is 1780. The summed E-state index contributed by atoms with van der Waals surface area (Å²) in [6, 6.07) is 13.2. The van der Waals surface area contributed by atoms with E-state index in [4.69, 9.17) is 4.42 Å². The highest BCUT2D eigenvalue weighted by atomic mass is 19.4. The molecule has 0 atom stereocenters. The molecular formula is C34H27F6NO4. The molecule has 234 valence electrons. The highest BCUT2D eigenvalue weighted by Gasteiger charge is 2.33. The molecule has 45 heavy (non-hydrogen) atoms. The van der Waals surface area contributed by atoms with Gasteiger partial charge in [-0.3, -0.25) is 4.79 Å². The van der Waals surface area contributed by atoms with E-state index in [1.807, 2.05) is 0 Å². The first-order valence-electron chi connectivity index (χ1n) is 14.0. The van der Waals surface area contributed by atoms with Crippen LogP contribution in [-0.4, -0.2) is 23.4 Å². The SMILES string of the molecule is CCc1cc(N2CC(C(=O)c3ccc(C(F)(F)F)cc3)=CCCc3c2oc(-c2ccc(C(F)(F)F)cc2)c3C)ccc1C(=O)O. The van der Waals surface area contributed by atoms with Crippen molar-refractivity contribution in [3.8, 4) is 11.3 Å². The number of alkyl halides is 6. The molecule has 1 aliphatic heterocycles. The third kappa shape index (κ3) is 6.38. The van der Waals surface area contributed by atoms with Crippen molar-refractivity contribution in [2.75, 3.05) is 11.4 Å². The van der Waals surface area contributed by atoms with E-state index in [1.165, 1.54) is 18.2 Å². The number of allylic oxidation sites excluding steroid dienone is 1. The maximum atomic E-state index is 13.6. The van der Waals surface area contributed by atoms with Crippen molar-refractivity contribution >= 4 is 23.3 Å². The van der Waals surface area contributed by atoms with Crippen molar-refractivity contribution in [3.63, 3.8) is 0 Å². The van der Waals surface area contributed by atoms with Crippen LogP contribution in [0.15, 0.2) is 82.8 Å². The topological polar surface area (TPSA) is 70.8 Å². The Morgan fingerprint density at radius 3 is 2.04 bits per heavy atom. The van der Waals surface area contributed by atoms with Gasteiger partial charge in [0.15, 0.2) is 5.78 Å². The minimum Gasteiger partial charge on any atom is -0.478 e. The van der Waals surface area contributed by atoms with Crippen LogP contribution >= 0.6 is 0 Å². The minimum absolute atomic E-state index is 0.0616. The molecule has 0 amide bonds. The van der Waals surface area contributed by atoms with Crippen molar-refractivity contribution in [2.24, 2.45) is 0 Å². The van der Waals surface area contributed by atoms with E-state index < -0.39 is 35.2 Å². The number of aryl methyl sites for hydroxylation is 1. The molecule has 0 aliphatic carbocycles. The molecule has 0 saturated heterocycles. The Morgan fingerprint density at radius 2 is 1.49 bits per heavy atom. The number of fused-ring (bicyclic) bond motifs is 1. The number of hydrogen-bond donors (Lipinski definition) is 1. The first-order chi connectivity index (χ1) is 21.2. The summed E-state index contributed by atoms with van der Waals surface area (Å²) in [5.74, 6) is -0.919. The van der Waals surface area contributed by atoms with Crippen LogP contribution in [0.4, 0.5) is 37.9 Å². The maximum absolute atomic E-state index is 13.6. The normalized spacial score (nSPS) is 14.0. The number of furan rings is 1. The van der Waals surface area contributed by atoms with E-state index in [0.29, 0.717) is 53.3 Å². The predicted molar refractivity (Wildman–Crippen MR) is 156 cm³/mol. The molecule has 2 heterocycles. The Balaban J connectivity index is 1.60. The van der Waals surface area contributed by atoms with Gasteiger partial charge in [0.2, 0.25) is 5.88 Å². The van der Waals surface area contributed by atoms with Gasteiger partial charge in [-0.25, -0.2) is 4.79 Å². The summed E-state index contributed by atoms with van der Waals surface area (Å²) >= 11 is 0. The lowest BCUT2D eigenvalue weighted by Gasteiger charge is -2.27. The number of rotatable bonds is 6. The molecule has 0 unspecified atom stereocenters. The zero-order valence-corrected chi connectivity index (χ0v) is 24.1. The number of ketones is 1. The second-order valence-corrected chi connectivity index (χ2v) is 10.7. The standard InChI is InChI=1S/C34H27F6NO4/c1-3-20-17-26(15-16-28(20)32(43)44)41-18-23(29(42)21-7-11-24(12-8-21)33(35,36)37)5-4-6-27-19(2)30(45-31(27)41)22-9-13-25(14-10-22)34(38,39)40/h5,7-17H,3-4,6,18H2,1-2H3,(H,43,44). The van der Waals surface area contributed by atoms with Crippen molar-refractivity contribution in [3.05, 3.63) is 117 Å². The van der Waals surface area contributed by atoms with Crippen LogP contribution in [-0.2, 0) is 25.2 Å². The molecule has 5 nitrogen and oxygen atoms in total. The molecular weight excluding hydrogens is 600 g/mol. The highest BCUT2D eigenvalue weighted by Crippen LogP contribution is 2.42. The third-order valence-corrected chi connectivity index (χ3v) is 7.86. The molecule has 1 aromatic heterocycles. The molecule has 0 radical (unpaired) electrons. The molecule has 4 aromatic rings. The van der Waals surface area contributed by atoms with E-state index in [1.54, 1.807) is 37.0 Å². The van der Waals surface area contributed by atoms with Gasteiger partial charge in [-0.2, -0.15) is 26.3 Å². The maximum Gasteiger partial charge on any atom is 0.416 e. The fourth-order valence-corrected chi connectivity index (χ4v) is 5.45. The summed E-state index contributed by atoms with van der Waals surface area (Å²) in [5.41, 5.74) is 1.63. The number of anilines is 2. The zero-order valence-electron chi connectivity index (χ0n) is 24.1.